The van der Waals surface area contributed by atoms with Crippen LogP contribution in [-0.4, -0.2) is 43.3 Å². The Morgan fingerprint density at radius 2 is 1.56 bits per heavy atom. The number of morpholine rings is 1. The smallest absolute Gasteiger partial charge is 0.0678 e. The van der Waals surface area contributed by atoms with E-state index in [0.717, 1.165) is 19.6 Å². The first kappa shape index (κ1) is 13.9. The first-order chi connectivity index (χ1) is 7.72. The molecule has 1 aliphatic heterocycles. The van der Waals surface area contributed by atoms with Gasteiger partial charge in [0.1, 0.15) is 0 Å². The second kappa shape index (κ2) is 8.04. The lowest BCUT2D eigenvalue weighted by molar-refractivity contribution is -0.0681. The molecule has 0 radical (unpaired) electrons. The third-order valence-electron chi connectivity index (χ3n) is 3.17. The van der Waals surface area contributed by atoms with Gasteiger partial charge in [-0.25, -0.2) is 0 Å². The summed E-state index contributed by atoms with van der Waals surface area (Å²) in [4.78, 5) is 2.54. The highest BCUT2D eigenvalue weighted by atomic mass is 16.5. The average molecular weight is 228 g/mol. The van der Waals surface area contributed by atoms with Gasteiger partial charge >= 0.3 is 0 Å². The summed E-state index contributed by atoms with van der Waals surface area (Å²) in [6, 6.07) is 0. The zero-order valence-corrected chi connectivity index (χ0v) is 11.0. The van der Waals surface area contributed by atoms with Gasteiger partial charge in [-0.2, -0.15) is 0 Å². The molecule has 3 nitrogen and oxygen atoms in total. The van der Waals surface area contributed by atoms with Crippen LogP contribution in [0.5, 0.6) is 0 Å². The largest absolute Gasteiger partial charge is 0.373 e. The zero-order chi connectivity index (χ0) is 11.8. The first-order valence-corrected chi connectivity index (χ1v) is 6.80. The molecule has 2 atom stereocenters. The standard InChI is InChI=1S/C13H28N2O/c1-12-10-15(11-13(2)16-12)9-7-5-3-4-6-8-14/h12-13H,3-11,14H2,1-2H3/t12-,13+. The summed E-state index contributed by atoms with van der Waals surface area (Å²) in [6.45, 7) is 8.63. The van der Waals surface area contributed by atoms with Gasteiger partial charge in [0.15, 0.2) is 0 Å². The van der Waals surface area contributed by atoms with Gasteiger partial charge in [0.05, 0.1) is 12.2 Å². The molecule has 0 amide bonds. The molecule has 1 heterocycles. The summed E-state index contributed by atoms with van der Waals surface area (Å²) < 4.78 is 5.72. The lowest BCUT2D eigenvalue weighted by atomic mass is 10.1. The maximum atomic E-state index is 5.72. The predicted octanol–water partition coefficient (Wildman–Crippen LogP) is 2.00. The monoisotopic (exact) mass is 228 g/mol. The topological polar surface area (TPSA) is 38.5 Å². The second-order valence-corrected chi connectivity index (χ2v) is 5.07. The number of ether oxygens (including phenoxy) is 1. The van der Waals surface area contributed by atoms with Crippen molar-refractivity contribution < 1.29 is 4.74 Å². The van der Waals surface area contributed by atoms with Crippen molar-refractivity contribution in [3.05, 3.63) is 0 Å². The van der Waals surface area contributed by atoms with Crippen LogP contribution in [0.3, 0.4) is 0 Å². The van der Waals surface area contributed by atoms with Crippen LogP contribution >= 0.6 is 0 Å². The molecule has 0 saturated carbocycles. The maximum absolute atomic E-state index is 5.72. The Hall–Kier alpha value is -0.120. The minimum Gasteiger partial charge on any atom is -0.373 e. The molecule has 0 bridgehead atoms. The van der Waals surface area contributed by atoms with Crippen LogP contribution in [0, 0.1) is 0 Å². The van der Waals surface area contributed by atoms with E-state index in [2.05, 4.69) is 18.7 Å². The fourth-order valence-corrected chi connectivity index (χ4v) is 2.48. The Kier molecular flexibility index (Phi) is 7.01. The zero-order valence-electron chi connectivity index (χ0n) is 11.0. The summed E-state index contributed by atoms with van der Waals surface area (Å²) in [5.74, 6) is 0. The average Bonchev–Trinajstić information content (AvgIpc) is 2.22. The van der Waals surface area contributed by atoms with E-state index in [1.807, 2.05) is 0 Å². The molecule has 1 aliphatic rings. The van der Waals surface area contributed by atoms with Crippen molar-refractivity contribution in [3.8, 4) is 0 Å². The van der Waals surface area contributed by atoms with E-state index in [1.165, 1.54) is 38.6 Å². The molecule has 0 aromatic carbocycles. The number of hydrogen-bond acceptors (Lipinski definition) is 3. The Bertz CT molecular complexity index is 165. The van der Waals surface area contributed by atoms with Crippen molar-refractivity contribution in [2.45, 2.75) is 58.2 Å². The Labute approximate surface area is 100 Å². The molecule has 0 spiro atoms. The first-order valence-electron chi connectivity index (χ1n) is 6.80. The summed E-state index contributed by atoms with van der Waals surface area (Å²) in [6.07, 6.45) is 7.30. The van der Waals surface area contributed by atoms with E-state index >= 15 is 0 Å². The van der Waals surface area contributed by atoms with Gasteiger partial charge in [-0.05, 0) is 39.8 Å². The molecule has 0 unspecified atom stereocenters. The molecular weight excluding hydrogens is 200 g/mol. The number of unbranched alkanes of at least 4 members (excludes halogenated alkanes) is 4. The van der Waals surface area contributed by atoms with E-state index < -0.39 is 0 Å². The summed E-state index contributed by atoms with van der Waals surface area (Å²) in [5.41, 5.74) is 5.47. The van der Waals surface area contributed by atoms with Crippen LogP contribution in [-0.2, 0) is 4.74 Å². The molecular formula is C13H28N2O. The van der Waals surface area contributed by atoms with Crippen molar-refractivity contribution in [3.63, 3.8) is 0 Å². The van der Waals surface area contributed by atoms with Gasteiger partial charge in [-0.1, -0.05) is 19.3 Å². The van der Waals surface area contributed by atoms with Crippen LogP contribution < -0.4 is 5.73 Å². The van der Waals surface area contributed by atoms with Crippen LogP contribution in [0.1, 0.15) is 46.0 Å². The van der Waals surface area contributed by atoms with Gasteiger partial charge < -0.3 is 10.5 Å². The number of nitrogens with zero attached hydrogens (tertiary/aromatic N) is 1. The third-order valence-corrected chi connectivity index (χ3v) is 3.17. The van der Waals surface area contributed by atoms with E-state index in [4.69, 9.17) is 10.5 Å². The quantitative estimate of drug-likeness (QED) is 0.677. The summed E-state index contributed by atoms with van der Waals surface area (Å²) in [5, 5.41) is 0. The van der Waals surface area contributed by atoms with Gasteiger partial charge in [-0.3, -0.25) is 4.90 Å². The van der Waals surface area contributed by atoms with Gasteiger partial charge in [0, 0.05) is 13.1 Å². The lowest BCUT2D eigenvalue weighted by Crippen LogP contribution is -2.45. The summed E-state index contributed by atoms with van der Waals surface area (Å²) in [7, 11) is 0. The van der Waals surface area contributed by atoms with Crippen LogP contribution in [0.15, 0.2) is 0 Å². The molecule has 1 fully saturated rings. The Morgan fingerprint density at radius 3 is 2.19 bits per heavy atom. The fraction of sp³-hybridized carbons (Fsp3) is 1.00. The van der Waals surface area contributed by atoms with Gasteiger partial charge in [0.2, 0.25) is 0 Å². The second-order valence-electron chi connectivity index (χ2n) is 5.07. The van der Waals surface area contributed by atoms with Crippen molar-refractivity contribution >= 4 is 0 Å². The molecule has 2 N–H and O–H groups in total. The molecule has 1 saturated heterocycles. The maximum Gasteiger partial charge on any atom is 0.0678 e. The van der Waals surface area contributed by atoms with Crippen molar-refractivity contribution in [2.24, 2.45) is 5.73 Å². The Balaban J connectivity index is 1.99. The molecule has 0 aromatic heterocycles. The molecule has 3 heteroatoms. The molecule has 0 aliphatic carbocycles. The third kappa shape index (κ3) is 5.83. The minimum atomic E-state index is 0.404. The van der Waals surface area contributed by atoms with Crippen molar-refractivity contribution in [2.75, 3.05) is 26.2 Å². The molecule has 0 aromatic rings. The van der Waals surface area contributed by atoms with Crippen molar-refractivity contribution in [1.82, 2.24) is 4.90 Å². The minimum absolute atomic E-state index is 0.404. The highest BCUT2D eigenvalue weighted by Gasteiger charge is 2.21. The van der Waals surface area contributed by atoms with Gasteiger partial charge in [-0.15, -0.1) is 0 Å². The SMILES string of the molecule is C[C@@H]1CN(CCCCCCCN)C[C@H](C)O1. The number of hydrogen-bond donors (Lipinski definition) is 1. The van der Waals surface area contributed by atoms with Crippen LogP contribution in [0.25, 0.3) is 0 Å². The number of nitrogens with two attached hydrogens (primary N) is 1. The normalized spacial score (nSPS) is 27.2. The highest BCUT2D eigenvalue weighted by molar-refractivity contribution is 4.72. The lowest BCUT2D eigenvalue weighted by Gasteiger charge is -2.35. The van der Waals surface area contributed by atoms with Gasteiger partial charge in [0.25, 0.3) is 0 Å². The highest BCUT2D eigenvalue weighted by Crippen LogP contribution is 2.12. The van der Waals surface area contributed by atoms with E-state index in [0.29, 0.717) is 12.2 Å². The van der Waals surface area contributed by atoms with E-state index in [1.54, 1.807) is 0 Å². The number of rotatable bonds is 7. The van der Waals surface area contributed by atoms with Crippen molar-refractivity contribution in [1.29, 1.82) is 0 Å². The molecule has 16 heavy (non-hydrogen) atoms. The summed E-state index contributed by atoms with van der Waals surface area (Å²) >= 11 is 0. The van der Waals surface area contributed by atoms with E-state index in [9.17, 15) is 0 Å². The fourth-order valence-electron chi connectivity index (χ4n) is 2.48. The molecule has 96 valence electrons. The van der Waals surface area contributed by atoms with E-state index in [-0.39, 0.29) is 0 Å². The Morgan fingerprint density at radius 1 is 1.00 bits per heavy atom. The predicted molar refractivity (Wildman–Crippen MR) is 68.6 cm³/mol. The van der Waals surface area contributed by atoms with Crippen LogP contribution in [0.4, 0.5) is 0 Å². The van der Waals surface area contributed by atoms with Crippen LogP contribution in [0.2, 0.25) is 0 Å². The molecule has 1 rings (SSSR count).